The van der Waals surface area contributed by atoms with Crippen molar-refractivity contribution in [2.45, 2.75) is 19.8 Å². The highest BCUT2D eigenvalue weighted by Gasteiger charge is 2.38. The lowest BCUT2D eigenvalue weighted by Gasteiger charge is -2.34. The Labute approximate surface area is 122 Å². The summed E-state index contributed by atoms with van der Waals surface area (Å²) >= 11 is 0. The molecule has 110 valence electrons. The van der Waals surface area contributed by atoms with Crippen LogP contribution in [0.15, 0.2) is 52.9 Å². The highest BCUT2D eigenvalue weighted by molar-refractivity contribution is 5.98. The molecule has 0 fully saturated rings. The van der Waals surface area contributed by atoms with Gasteiger partial charge >= 0.3 is 11.9 Å². The third-order valence-electron chi connectivity index (χ3n) is 3.96. The molecule has 0 spiro atoms. The zero-order chi connectivity index (χ0) is 15.7. The molecule has 2 rings (SSSR count). The minimum absolute atomic E-state index is 0.103. The first-order valence-electron chi connectivity index (χ1n) is 6.53. The lowest BCUT2D eigenvalue weighted by atomic mass is 9.80. The summed E-state index contributed by atoms with van der Waals surface area (Å²) in [5.41, 5.74) is 1.98. The Bertz CT molecular complexity index is 620. The number of hydrogen-bond donors (Lipinski definition) is 2. The highest BCUT2D eigenvalue weighted by Crippen LogP contribution is 2.41. The van der Waals surface area contributed by atoms with Crippen LogP contribution >= 0.6 is 0 Å². The van der Waals surface area contributed by atoms with Crippen LogP contribution in [-0.4, -0.2) is 34.1 Å². The molecule has 1 aromatic rings. The molecule has 2 N–H and O–H groups in total. The van der Waals surface area contributed by atoms with Crippen LogP contribution < -0.4 is 0 Å². The van der Waals surface area contributed by atoms with E-state index in [1.54, 1.807) is 50.1 Å². The molecule has 0 atom stereocenters. The fraction of sp³-hybridized carbons (Fsp3) is 0.250. The van der Waals surface area contributed by atoms with E-state index < -0.39 is 17.9 Å². The van der Waals surface area contributed by atoms with Gasteiger partial charge in [0.2, 0.25) is 0 Å². The number of carbonyl (C=O) groups is 2. The van der Waals surface area contributed by atoms with Gasteiger partial charge in [0, 0.05) is 18.4 Å². The number of carboxylic acid groups (broad SMARTS) is 2. The van der Waals surface area contributed by atoms with E-state index in [2.05, 4.69) is 0 Å². The first kappa shape index (κ1) is 14.8. The van der Waals surface area contributed by atoms with Gasteiger partial charge in [-0.3, -0.25) is 0 Å². The molecule has 5 heteroatoms. The van der Waals surface area contributed by atoms with E-state index in [1.165, 1.54) is 0 Å². The molecule has 0 amide bonds. The summed E-state index contributed by atoms with van der Waals surface area (Å²) in [6.45, 7) is 3.39. The molecule has 1 aromatic carbocycles. The van der Waals surface area contributed by atoms with Crippen molar-refractivity contribution in [3.63, 3.8) is 0 Å². The largest absolute Gasteiger partial charge is 0.478 e. The van der Waals surface area contributed by atoms with Gasteiger partial charge in [-0.1, -0.05) is 30.3 Å². The van der Waals surface area contributed by atoms with Gasteiger partial charge < -0.3 is 15.1 Å². The normalized spacial score (nSPS) is 16.4. The summed E-state index contributed by atoms with van der Waals surface area (Å²) in [4.78, 5) is 25.0. The Morgan fingerprint density at radius 3 is 1.76 bits per heavy atom. The van der Waals surface area contributed by atoms with Gasteiger partial charge in [0.1, 0.15) is 0 Å². The maximum absolute atomic E-state index is 11.7. The fourth-order valence-corrected chi connectivity index (χ4v) is 2.71. The maximum Gasteiger partial charge on any atom is 0.334 e. The molecule has 0 aromatic heterocycles. The second-order valence-electron chi connectivity index (χ2n) is 5.01. The number of allylic oxidation sites excluding steroid dienone is 2. The summed E-state index contributed by atoms with van der Waals surface area (Å²) in [6, 6.07) is 8.87. The Kier molecular flexibility index (Phi) is 3.84. The minimum atomic E-state index is -1.10. The van der Waals surface area contributed by atoms with Gasteiger partial charge in [0.25, 0.3) is 0 Å². The third kappa shape index (κ3) is 2.42. The van der Waals surface area contributed by atoms with E-state index in [4.69, 9.17) is 0 Å². The van der Waals surface area contributed by atoms with E-state index in [0.717, 1.165) is 0 Å². The van der Waals surface area contributed by atoms with Crippen LogP contribution in [0.1, 0.15) is 25.3 Å². The maximum atomic E-state index is 11.7. The molecule has 0 saturated carbocycles. The number of benzene rings is 1. The number of aliphatic carboxylic acids is 2. The smallest absolute Gasteiger partial charge is 0.334 e. The van der Waals surface area contributed by atoms with E-state index in [-0.39, 0.29) is 11.1 Å². The van der Waals surface area contributed by atoms with Crippen LogP contribution in [0.25, 0.3) is 0 Å². The zero-order valence-electron chi connectivity index (χ0n) is 12.1. The lowest BCUT2D eigenvalue weighted by Crippen LogP contribution is -2.32. The second-order valence-corrected chi connectivity index (χ2v) is 5.01. The average molecular weight is 287 g/mol. The SMILES string of the molecule is CC1=C(C(=O)O)C(c2ccccc2)C(C(=O)O)=C(C)N1C. The molecule has 1 heterocycles. The van der Waals surface area contributed by atoms with Crippen LogP contribution in [0.5, 0.6) is 0 Å². The highest BCUT2D eigenvalue weighted by atomic mass is 16.4. The topological polar surface area (TPSA) is 77.8 Å². The first-order chi connectivity index (χ1) is 9.86. The summed E-state index contributed by atoms with van der Waals surface area (Å²) in [5.74, 6) is -2.96. The van der Waals surface area contributed by atoms with Gasteiger partial charge in [0.05, 0.1) is 17.1 Å². The van der Waals surface area contributed by atoms with Gasteiger partial charge in [-0.25, -0.2) is 9.59 Å². The van der Waals surface area contributed by atoms with Gasteiger partial charge in [0.15, 0.2) is 0 Å². The van der Waals surface area contributed by atoms with Crippen molar-refractivity contribution in [1.29, 1.82) is 0 Å². The molecule has 0 aliphatic carbocycles. The van der Waals surface area contributed by atoms with Crippen LogP contribution in [0, 0.1) is 0 Å². The molecule has 21 heavy (non-hydrogen) atoms. The van der Waals surface area contributed by atoms with E-state index in [1.807, 2.05) is 6.07 Å². The Hall–Kier alpha value is -2.56. The van der Waals surface area contributed by atoms with Crippen molar-refractivity contribution in [2.24, 2.45) is 0 Å². The molecule has 0 unspecified atom stereocenters. The van der Waals surface area contributed by atoms with Crippen LogP contribution in [-0.2, 0) is 9.59 Å². The van der Waals surface area contributed by atoms with Gasteiger partial charge in [-0.15, -0.1) is 0 Å². The number of hydrogen-bond acceptors (Lipinski definition) is 3. The monoisotopic (exact) mass is 287 g/mol. The predicted octanol–water partition coefficient (Wildman–Crippen LogP) is 2.43. The van der Waals surface area contributed by atoms with Crippen LogP contribution in [0.4, 0.5) is 0 Å². The summed E-state index contributed by atoms with van der Waals surface area (Å²) < 4.78 is 0. The minimum Gasteiger partial charge on any atom is -0.478 e. The third-order valence-corrected chi connectivity index (χ3v) is 3.96. The fourth-order valence-electron chi connectivity index (χ4n) is 2.71. The zero-order valence-corrected chi connectivity index (χ0v) is 12.1. The Morgan fingerprint density at radius 1 is 0.952 bits per heavy atom. The molecule has 1 aliphatic rings. The standard InChI is InChI=1S/C16H17NO4/c1-9-12(15(18)19)14(11-7-5-4-6-8-11)13(16(20)21)10(2)17(9)3/h4-8,14H,1-3H3,(H,18,19)(H,20,21). The molecular weight excluding hydrogens is 270 g/mol. The van der Waals surface area contributed by atoms with Gasteiger partial charge in [-0.05, 0) is 19.4 Å². The Balaban J connectivity index is 2.74. The van der Waals surface area contributed by atoms with Crippen LogP contribution in [0.3, 0.4) is 0 Å². The van der Waals surface area contributed by atoms with Crippen LogP contribution in [0.2, 0.25) is 0 Å². The van der Waals surface area contributed by atoms with Crippen molar-refractivity contribution < 1.29 is 19.8 Å². The number of rotatable bonds is 3. The predicted molar refractivity (Wildman–Crippen MR) is 77.6 cm³/mol. The second kappa shape index (κ2) is 5.44. The first-order valence-corrected chi connectivity index (χ1v) is 6.53. The van der Waals surface area contributed by atoms with Crippen molar-refractivity contribution in [3.05, 3.63) is 58.4 Å². The summed E-state index contributed by atoms with van der Waals surface area (Å²) in [6.07, 6.45) is 0. The van der Waals surface area contributed by atoms with Crippen molar-refractivity contribution in [2.75, 3.05) is 7.05 Å². The van der Waals surface area contributed by atoms with E-state index in [9.17, 15) is 19.8 Å². The number of nitrogens with zero attached hydrogens (tertiary/aromatic N) is 1. The lowest BCUT2D eigenvalue weighted by molar-refractivity contribution is -0.133. The quantitative estimate of drug-likeness (QED) is 0.892. The molecule has 1 aliphatic heterocycles. The van der Waals surface area contributed by atoms with Crippen molar-refractivity contribution >= 4 is 11.9 Å². The average Bonchev–Trinajstić information content (AvgIpc) is 2.44. The molecule has 0 radical (unpaired) electrons. The number of carboxylic acids is 2. The summed E-state index contributed by atoms with van der Waals surface area (Å²) in [7, 11) is 1.68. The van der Waals surface area contributed by atoms with E-state index >= 15 is 0 Å². The Morgan fingerprint density at radius 2 is 1.38 bits per heavy atom. The summed E-state index contributed by atoms with van der Waals surface area (Å²) in [5, 5.41) is 19.1. The molecule has 5 nitrogen and oxygen atoms in total. The molecule has 0 saturated heterocycles. The molecular formula is C16H17NO4. The van der Waals surface area contributed by atoms with E-state index in [0.29, 0.717) is 17.0 Å². The van der Waals surface area contributed by atoms with Crippen molar-refractivity contribution in [3.8, 4) is 0 Å². The van der Waals surface area contributed by atoms with Gasteiger partial charge in [-0.2, -0.15) is 0 Å². The van der Waals surface area contributed by atoms with Crippen molar-refractivity contribution in [1.82, 2.24) is 4.90 Å². The molecule has 0 bridgehead atoms.